The standard InChI is InChI=1S/C22H23N3O4.C14H17ClN2O4.C14H18N2O5.C11H13NO.C8H7N.3CH4.Cl2OS.FH.HI.H2/c1-4-16-6-5-7-17(12-16)25-22-18-13-20(28-10-8-26-2)21(29-11-9-27-3)14-19(18)23-15-24-22;1-18-3-5-20-12-7-10-11(16-9-17-14(10)15)8-13(12)21-6-4-19-2;1-18-3-5-20-12-7-10-11(15-9-16-14(10)17)8-13(12)21-6-4-19-2;1-11(2,13)7-6-9-4-3-5-10(12)8-9;1-2-7-4-3-5-8(9)6-7;;;;1-4(2)3;;;/h1,5-7,12-15H,8-11H2,2-3H3,(H,23,24,25);7-9H,3-6H2,1-2H3;7-9H,3-6H2,1-2H3,(H,15,16,17);3-5,8,13H,12H2,1-2H3;1,3-6H,9H2;3*1H4;;3*1H. The quantitative estimate of drug-likeness (QED) is 0.00840. The number of terminal acetylenes is 2. The lowest BCUT2D eigenvalue weighted by Crippen LogP contribution is -2.14. The highest BCUT2D eigenvalue weighted by molar-refractivity contribution is 14.0. The molecule has 0 aliphatic heterocycles. The number of benzene rings is 6. The number of H-pyrrole nitrogens is 1. The van der Waals surface area contributed by atoms with Gasteiger partial charge in [-0.15, -0.1) is 36.8 Å². The first-order chi connectivity index (χ1) is 46.8. The summed E-state index contributed by atoms with van der Waals surface area (Å²) in [5, 5.41) is 15.0. The molecular weight excluding hydrogens is 1520 g/mol. The summed E-state index contributed by atoms with van der Waals surface area (Å²) in [6, 6.07) is 32.6. The second-order valence-electron chi connectivity index (χ2n) is 19.9. The van der Waals surface area contributed by atoms with Gasteiger partial charge in [0.1, 0.15) is 68.9 Å². The van der Waals surface area contributed by atoms with Crippen LogP contribution in [0, 0.1) is 36.5 Å². The van der Waals surface area contributed by atoms with Crippen molar-refractivity contribution in [3.63, 3.8) is 0 Å². The lowest BCUT2D eigenvalue weighted by Gasteiger charge is -2.15. The Bertz CT molecular complexity index is 4130. The van der Waals surface area contributed by atoms with E-state index in [4.69, 9.17) is 97.0 Å². The predicted molar refractivity (Wildman–Crippen MR) is 421 cm³/mol. The second-order valence-corrected chi connectivity index (χ2v) is 22.7. The minimum Gasteiger partial charge on any atom is -0.487 e. The molecule has 3 heterocycles. The van der Waals surface area contributed by atoms with Crippen LogP contribution in [-0.4, -0.2) is 167 Å². The predicted octanol–water partition coefficient (Wildman–Crippen LogP) is 13.3. The Morgan fingerprint density at radius 1 is 0.529 bits per heavy atom. The van der Waals surface area contributed by atoms with Gasteiger partial charge in [-0.05, 0) is 86.6 Å². The van der Waals surface area contributed by atoms with Crippen LogP contribution in [0.15, 0.2) is 133 Å². The SMILES string of the molecule is C.C.C.C#Cc1cccc(N)c1.C#Cc1cccc(Nc2ncnc3cc(OCCOC)c(OCCOC)cc23)c1.CC(C)(O)C#Cc1cccc(N)c1.COCCOc1cc2nc[nH]c(=O)c2cc1OCCOC.COCCOc1cc2ncnc(Cl)c2cc1OCCOC.F.I.O=S(Cl)Cl.[HH]. The van der Waals surface area contributed by atoms with Crippen molar-refractivity contribution in [1.29, 1.82) is 0 Å². The molecule has 30 heteroatoms. The van der Waals surface area contributed by atoms with Gasteiger partial charge in [0, 0.05) is 128 Å². The number of rotatable bonds is 26. The van der Waals surface area contributed by atoms with Gasteiger partial charge in [0.15, 0.2) is 34.5 Å². The first-order valence-corrected chi connectivity index (χ1v) is 32.4. The van der Waals surface area contributed by atoms with Crippen LogP contribution in [0.3, 0.4) is 0 Å². The van der Waals surface area contributed by atoms with Crippen LogP contribution in [0.2, 0.25) is 5.15 Å². The molecule has 102 heavy (non-hydrogen) atoms. The fourth-order valence-electron chi connectivity index (χ4n) is 7.65. The van der Waals surface area contributed by atoms with Gasteiger partial charge >= 0.3 is 0 Å². The number of halogens is 5. The average molecular weight is 1610 g/mol. The van der Waals surface area contributed by atoms with Crippen LogP contribution in [0.1, 0.15) is 54.2 Å². The van der Waals surface area contributed by atoms with E-state index in [2.05, 4.69) is 80.3 Å². The van der Waals surface area contributed by atoms with Crippen molar-refractivity contribution in [2.75, 3.05) is 139 Å². The number of ether oxygens (including phenoxy) is 12. The summed E-state index contributed by atoms with van der Waals surface area (Å²) in [6.45, 7) is 8.45. The van der Waals surface area contributed by atoms with E-state index in [0.29, 0.717) is 158 Å². The number of hydrogen-bond donors (Lipinski definition) is 5. The first kappa shape index (κ1) is 95.5. The van der Waals surface area contributed by atoms with Gasteiger partial charge in [0.05, 0.1) is 67.9 Å². The summed E-state index contributed by atoms with van der Waals surface area (Å²) in [6.07, 6.45) is 14.9. The number of hydrogen-bond acceptors (Lipinski definition) is 23. The first-order valence-electron chi connectivity index (χ1n) is 29.3. The van der Waals surface area contributed by atoms with E-state index in [-0.39, 0.29) is 57.9 Å². The van der Waals surface area contributed by atoms with Gasteiger partial charge in [-0.1, -0.05) is 75.8 Å². The van der Waals surface area contributed by atoms with Crippen molar-refractivity contribution in [2.45, 2.75) is 41.7 Å². The molecule has 9 rings (SSSR count). The van der Waals surface area contributed by atoms with Crippen LogP contribution in [-0.2, 0) is 37.6 Å². The average Bonchev–Trinajstić information content (AvgIpc) is 0.817. The van der Waals surface area contributed by atoms with E-state index in [1.165, 1.54) is 19.0 Å². The van der Waals surface area contributed by atoms with E-state index in [9.17, 15) is 9.90 Å². The molecule has 24 nitrogen and oxygen atoms in total. The van der Waals surface area contributed by atoms with Gasteiger partial charge in [0.2, 0.25) is 9.23 Å². The van der Waals surface area contributed by atoms with Crippen LogP contribution < -0.4 is 50.8 Å². The van der Waals surface area contributed by atoms with E-state index in [0.717, 1.165) is 33.3 Å². The number of nitrogen functional groups attached to an aromatic ring is 2. The van der Waals surface area contributed by atoms with E-state index in [1.54, 1.807) is 105 Å². The monoisotopic (exact) mass is 1610 g/mol. The highest BCUT2D eigenvalue weighted by Gasteiger charge is 2.16. The molecule has 0 atom stereocenters. The fourth-order valence-corrected chi connectivity index (χ4v) is 7.85. The molecule has 7 N–H and O–H groups in total. The molecule has 0 bridgehead atoms. The fraction of sp³-hybridized carbons (Fsp3) is 0.333. The number of fused-ring (bicyclic) bond motifs is 3. The Kier molecular flexibility index (Phi) is 50.7. The van der Waals surface area contributed by atoms with Gasteiger partial charge in [-0.2, -0.15) is 0 Å². The van der Waals surface area contributed by atoms with Gasteiger partial charge < -0.3 is 83.7 Å². The lowest BCUT2D eigenvalue weighted by molar-refractivity contribution is 0.132. The minimum absolute atomic E-state index is 0. The molecule has 0 radical (unpaired) electrons. The van der Waals surface area contributed by atoms with Crippen LogP contribution >= 0.6 is 56.9 Å². The number of nitrogens with two attached hydrogens (primary N) is 2. The Hall–Kier alpha value is -8.58. The zero-order valence-corrected chi connectivity index (χ0v) is 61.1. The molecule has 3 aromatic heterocycles. The van der Waals surface area contributed by atoms with Crippen LogP contribution in [0.25, 0.3) is 32.7 Å². The normalized spacial score (nSPS) is 9.83. The smallest absolute Gasteiger partial charge is 0.258 e. The lowest BCUT2D eigenvalue weighted by atomic mass is 10.1. The summed E-state index contributed by atoms with van der Waals surface area (Å²) >= 11 is 6.08. The highest BCUT2D eigenvalue weighted by atomic mass is 127. The number of methoxy groups -OCH3 is 6. The van der Waals surface area contributed by atoms with Crippen molar-refractivity contribution in [3.05, 3.63) is 160 Å². The minimum atomic E-state index is -1.67. The summed E-state index contributed by atoms with van der Waals surface area (Å²) in [5.41, 5.74) is 16.5. The number of anilines is 4. The maximum Gasteiger partial charge on any atom is 0.258 e. The number of nitrogens with zero attached hydrogens (tertiary/aromatic N) is 5. The Morgan fingerprint density at radius 2 is 0.882 bits per heavy atom. The van der Waals surface area contributed by atoms with Crippen molar-refractivity contribution in [2.24, 2.45) is 0 Å². The molecule has 0 unspecified atom stereocenters. The highest BCUT2D eigenvalue weighted by Crippen LogP contribution is 2.37. The zero-order chi connectivity index (χ0) is 70.8. The Labute approximate surface area is 631 Å². The largest absolute Gasteiger partial charge is 0.487 e. The zero-order valence-electron chi connectivity index (χ0n) is 55.7. The van der Waals surface area contributed by atoms with E-state index in [1.807, 2.05) is 60.7 Å². The maximum atomic E-state index is 11.8. The summed E-state index contributed by atoms with van der Waals surface area (Å²) < 4.78 is 73.3. The third-order valence-corrected chi connectivity index (χ3v) is 12.4. The van der Waals surface area contributed by atoms with E-state index >= 15 is 0 Å². The van der Waals surface area contributed by atoms with Gasteiger partial charge in [-0.25, -0.2) is 29.1 Å². The van der Waals surface area contributed by atoms with Crippen molar-refractivity contribution in [1.82, 2.24) is 29.9 Å². The molecule has 0 aliphatic rings. The molecule has 9 aromatic rings. The molecule has 0 aliphatic carbocycles. The molecule has 6 aromatic carbocycles. The van der Waals surface area contributed by atoms with Crippen molar-refractivity contribution in [3.8, 4) is 71.0 Å². The van der Waals surface area contributed by atoms with E-state index < -0.39 is 14.8 Å². The molecule has 0 saturated carbocycles. The molecule has 0 amide bonds. The molecule has 558 valence electrons. The molecule has 0 fully saturated rings. The Balaban J connectivity index is -0.00000123. The Morgan fingerprint density at radius 3 is 1.28 bits per heavy atom. The summed E-state index contributed by atoms with van der Waals surface area (Å²) in [5.74, 6) is 14.7. The number of nitrogens with one attached hydrogen (secondary N) is 2. The summed E-state index contributed by atoms with van der Waals surface area (Å²) in [7, 11) is 17.0. The third-order valence-electron chi connectivity index (χ3n) is 12.1. The number of aliphatic hydroxyl groups is 1. The molecule has 0 saturated heterocycles. The van der Waals surface area contributed by atoms with Crippen molar-refractivity contribution < 1.29 is 72.3 Å². The second kappa shape index (κ2) is 54.2. The third kappa shape index (κ3) is 36.3. The van der Waals surface area contributed by atoms with Gasteiger partial charge in [-0.3, -0.25) is 9.50 Å². The number of aromatic nitrogens is 6. The molecule has 0 spiro atoms. The van der Waals surface area contributed by atoms with Crippen LogP contribution in [0.5, 0.6) is 34.5 Å². The maximum absolute atomic E-state index is 11.8. The topological polar surface area (TPSA) is 309 Å². The number of aromatic amines is 1. The summed E-state index contributed by atoms with van der Waals surface area (Å²) in [4.78, 5) is 35.3. The van der Waals surface area contributed by atoms with Crippen LogP contribution in [0.4, 0.5) is 27.6 Å². The van der Waals surface area contributed by atoms with Crippen molar-refractivity contribution >= 4 is 122 Å². The molecular formula is C72H94Cl3FIN9O15S. The van der Waals surface area contributed by atoms with Gasteiger partial charge in [0.25, 0.3) is 5.56 Å².